The van der Waals surface area contributed by atoms with Gasteiger partial charge in [-0.1, -0.05) is 90.1 Å². The highest BCUT2D eigenvalue weighted by atomic mass is 35.5. The highest BCUT2D eigenvalue weighted by Crippen LogP contribution is 2.30. The summed E-state index contributed by atoms with van der Waals surface area (Å²) in [6.07, 6.45) is 0. The summed E-state index contributed by atoms with van der Waals surface area (Å²) >= 11 is 7.43. The Hall–Kier alpha value is -3.22. The van der Waals surface area contributed by atoms with Crippen molar-refractivity contribution < 1.29 is 4.79 Å². The lowest BCUT2D eigenvalue weighted by molar-refractivity contribution is -0.113. The molecule has 0 saturated heterocycles. The van der Waals surface area contributed by atoms with Gasteiger partial charge in [0.15, 0.2) is 0 Å². The first-order valence-corrected chi connectivity index (χ1v) is 11.0. The molecule has 7 heteroatoms. The number of amides is 1. The van der Waals surface area contributed by atoms with Gasteiger partial charge in [0, 0.05) is 11.1 Å². The zero-order chi connectivity index (χ0) is 21.6. The Morgan fingerprint density at radius 3 is 2.19 bits per heavy atom. The maximum absolute atomic E-state index is 12.4. The highest BCUT2D eigenvalue weighted by molar-refractivity contribution is 7.99. The van der Waals surface area contributed by atoms with E-state index < -0.39 is 0 Å². The Morgan fingerprint density at radius 2 is 1.55 bits per heavy atom. The average molecular weight is 447 g/mol. The van der Waals surface area contributed by atoms with Crippen LogP contribution in [0.3, 0.4) is 0 Å². The lowest BCUT2D eigenvalue weighted by Gasteiger charge is -2.10. The van der Waals surface area contributed by atoms with Crippen molar-refractivity contribution in [1.82, 2.24) is 15.2 Å². The molecule has 0 aliphatic carbocycles. The number of rotatable bonds is 6. The Kier molecular flexibility index (Phi) is 6.60. The third-order valence-corrected chi connectivity index (χ3v) is 5.64. The van der Waals surface area contributed by atoms with Crippen molar-refractivity contribution in [3.8, 4) is 22.5 Å². The van der Waals surface area contributed by atoms with Crippen LogP contribution in [0.2, 0.25) is 5.02 Å². The molecule has 1 aromatic heterocycles. The molecule has 0 fully saturated rings. The van der Waals surface area contributed by atoms with E-state index in [1.165, 1.54) is 11.8 Å². The van der Waals surface area contributed by atoms with Gasteiger partial charge in [0.1, 0.15) is 11.4 Å². The largest absolute Gasteiger partial charge is 0.324 e. The van der Waals surface area contributed by atoms with E-state index in [9.17, 15) is 4.79 Å². The number of aromatic nitrogens is 3. The van der Waals surface area contributed by atoms with E-state index in [4.69, 9.17) is 16.6 Å². The molecule has 31 heavy (non-hydrogen) atoms. The smallest absolute Gasteiger partial charge is 0.234 e. The number of halogens is 1. The highest BCUT2D eigenvalue weighted by Gasteiger charge is 2.15. The zero-order valence-electron chi connectivity index (χ0n) is 16.7. The molecule has 1 amide bonds. The predicted molar refractivity (Wildman–Crippen MR) is 126 cm³/mol. The van der Waals surface area contributed by atoms with Gasteiger partial charge >= 0.3 is 0 Å². The molecular weight excluding hydrogens is 428 g/mol. The van der Waals surface area contributed by atoms with Crippen molar-refractivity contribution >= 4 is 35.0 Å². The maximum Gasteiger partial charge on any atom is 0.234 e. The van der Waals surface area contributed by atoms with E-state index in [0.29, 0.717) is 21.6 Å². The Balaban J connectivity index is 1.54. The molecule has 5 nitrogen and oxygen atoms in total. The van der Waals surface area contributed by atoms with Gasteiger partial charge in [0.05, 0.1) is 16.5 Å². The van der Waals surface area contributed by atoms with Crippen molar-refractivity contribution in [3.05, 3.63) is 89.4 Å². The molecule has 0 bridgehead atoms. The van der Waals surface area contributed by atoms with Gasteiger partial charge in [0.25, 0.3) is 0 Å². The summed E-state index contributed by atoms with van der Waals surface area (Å²) in [6, 6.07) is 25.1. The first-order chi connectivity index (χ1) is 15.1. The number of thioether (sulfide) groups is 1. The molecule has 1 N–H and O–H groups in total. The number of anilines is 1. The summed E-state index contributed by atoms with van der Waals surface area (Å²) in [5.74, 6) is -0.0436. The predicted octanol–water partition coefficient (Wildman–Crippen LogP) is 5.90. The van der Waals surface area contributed by atoms with Crippen molar-refractivity contribution in [2.24, 2.45) is 0 Å². The second-order valence-corrected chi connectivity index (χ2v) is 8.19. The van der Waals surface area contributed by atoms with Gasteiger partial charge in [0.2, 0.25) is 11.1 Å². The molecule has 0 spiro atoms. The number of aryl methyl sites for hydroxylation is 1. The number of nitrogens with zero attached hydrogens (tertiary/aromatic N) is 3. The summed E-state index contributed by atoms with van der Waals surface area (Å²) in [7, 11) is 0. The van der Waals surface area contributed by atoms with Crippen molar-refractivity contribution in [2.45, 2.75) is 12.1 Å². The molecule has 0 aliphatic rings. The molecule has 154 valence electrons. The Bertz CT molecular complexity index is 1200. The number of benzene rings is 3. The third-order valence-electron chi connectivity index (χ3n) is 4.49. The fraction of sp³-hybridized carbons (Fsp3) is 0.0833. The van der Waals surface area contributed by atoms with E-state index in [2.05, 4.69) is 15.5 Å². The van der Waals surface area contributed by atoms with E-state index in [1.54, 1.807) is 6.07 Å². The van der Waals surface area contributed by atoms with Crippen molar-refractivity contribution in [2.75, 3.05) is 11.1 Å². The number of carbonyl (C=O) groups excluding carboxylic acids is 1. The monoisotopic (exact) mass is 446 g/mol. The summed E-state index contributed by atoms with van der Waals surface area (Å²) in [5.41, 5.74) is 4.92. The lowest BCUT2D eigenvalue weighted by Crippen LogP contribution is -2.14. The Morgan fingerprint density at radius 1 is 0.903 bits per heavy atom. The van der Waals surface area contributed by atoms with Crippen molar-refractivity contribution in [1.29, 1.82) is 0 Å². The molecule has 4 aromatic rings. The second kappa shape index (κ2) is 9.73. The fourth-order valence-corrected chi connectivity index (χ4v) is 3.87. The van der Waals surface area contributed by atoms with Crippen LogP contribution in [-0.2, 0) is 4.79 Å². The van der Waals surface area contributed by atoms with Gasteiger partial charge in [-0.3, -0.25) is 4.79 Å². The molecule has 4 rings (SSSR count). The quantitative estimate of drug-likeness (QED) is 0.373. The standard InChI is InChI=1S/C24H19ClN4OS/c1-16-12-13-20(19(25)14-16)26-21(30)15-31-24-27-22(17-8-4-2-5-9-17)23(28-29-24)18-10-6-3-7-11-18/h2-14H,15H2,1H3,(H,26,30). The SMILES string of the molecule is Cc1ccc(NC(=O)CSc2nnc(-c3ccccc3)c(-c3ccccc3)n2)c(Cl)c1. The summed E-state index contributed by atoms with van der Waals surface area (Å²) in [5, 5.41) is 12.4. The van der Waals surface area contributed by atoms with Crippen LogP contribution in [0.1, 0.15) is 5.56 Å². The van der Waals surface area contributed by atoms with E-state index in [0.717, 1.165) is 22.4 Å². The minimum absolute atomic E-state index is 0.144. The number of hydrogen-bond acceptors (Lipinski definition) is 5. The third kappa shape index (κ3) is 5.29. The molecule has 1 heterocycles. The summed E-state index contributed by atoms with van der Waals surface area (Å²) in [6.45, 7) is 1.95. The normalized spacial score (nSPS) is 10.6. The van der Waals surface area contributed by atoms with Crippen LogP contribution in [0.4, 0.5) is 5.69 Å². The van der Waals surface area contributed by atoms with Gasteiger partial charge in [-0.2, -0.15) is 0 Å². The first kappa shape index (κ1) is 21.0. The van der Waals surface area contributed by atoms with Gasteiger partial charge in [-0.15, -0.1) is 10.2 Å². The maximum atomic E-state index is 12.4. The molecule has 3 aromatic carbocycles. The van der Waals surface area contributed by atoms with Crippen LogP contribution in [0.25, 0.3) is 22.5 Å². The number of carbonyl (C=O) groups is 1. The van der Waals surface area contributed by atoms with Gasteiger partial charge < -0.3 is 5.32 Å². The molecule has 0 saturated carbocycles. The molecule has 0 atom stereocenters. The van der Waals surface area contributed by atoms with Crippen LogP contribution in [0.15, 0.2) is 84.0 Å². The van der Waals surface area contributed by atoms with Crippen LogP contribution < -0.4 is 5.32 Å². The first-order valence-electron chi connectivity index (χ1n) is 9.64. The van der Waals surface area contributed by atoms with Crippen LogP contribution >= 0.6 is 23.4 Å². The summed E-state index contributed by atoms with van der Waals surface area (Å²) in [4.78, 5) is 17.1. The zero-order valence-corrected chi connectivity index (χ0v) is 18.3. The van der Waals surface area contributed by atoms with Gasteiger partial charge in [-0.25, -0.2) is 4.98 Å². The van der Waals surface area contributed by atoms with E-state index >= 15 is 0 Å². The van der Waals surface area contributed by atoms with E-state index in [-0.39, 0.29) is 11.7 Å². The van der Waals surface area contributed by atoms with Crippen LogP contribution in [0.5, 0.6) is 0 Å². The van der Waals surface area contributed by atoms with E-state index in [1.807, 2.05) is 79.7 Å². The lowest BCUT2D eigenvalue weighted by atomic mass is 10.0. The number of hydrogen-bond donors (Lipinski definition) is 1. The second-order valence-electron chi connectivity index (χ2n) is 6.84. The topological polar surface area (TPSA) is 67.8 Å². The average Bonchev–Trinajstić information content (AvgIpc) is 2.80. The minimum atomic E-state index is -0.187. The molecular formula is C24H19ClN4OS. The number of nitrogens with one attached hydrogen (secondary N) is 1. The van der Waals surface area contributed by atoms with Crippen LogP contribution in [0, 0.1) is 6.92 Å². The van der Waals surface area contributed by atoms with Crippen molar-refractivity contribution in [3.63, 3.8) is 0 Å². The molecule has 0 radical (unpaired) electrons. The fourth-order valence-electron chi connectivity index (χ4n) is 3.00. The van der Waals surface area contributed by atoms with Crippen LogP contribution in [-0.4, -0.2) is 26.8 Å². The molecule has 0 unspecified atom stereocenters. The van der Waals surface area contributed by atoms with Gasteiger partial charge in [-0.05, 0) is 24.6 Å². The molecule has 0 aliphatic heterocycles. The Labute approximate surface area is 189 Å². The summed E-state index contributed by atoms with van der Waals surface area (Å²) < 4.78 is 0. The minimum Gasteiger partial charge on any atom is -0.324 e.